The Morgan fingerprint density at radius 2 is 1.94 bits per heavy atom. The highest BCUT2D eigenvalue weighted by molar-refractivity contribution is 4.79. The van der Waals surface area contributed by atoms with Gasteiger partial charge in [-0.2, -0.15) is 0 Å². The lowest BCUT2D eigenvalue weighted by atomic mass is 9.95. The normalized spacial score (nSPS) is 31.7. The molecule has 106 valence electrons. The summed E-state index contributed by atoms with van der Waals surface area (Å²) in [6.07, 6.45) is 8.78. The van der Waals surface area contributed by atoms with Gasteiger partial charge in [0.25, 0.3) is 0 Å². The van der Waals surface area contributed by atoms with E-state index in [9.17, 15) is 0 Å². The van der Waals surface area contributed by atoms with E-state index in [1.165, 1.54) is 51.6 Å². The lowest BCUT2D eigenvalue weighted by Crippen LogP contribution is -2.47. The van der Waals surface area contributed by atoms with Crippen LogP contribution in [0.1, 0.15) is 45.4 Å². The van der Waals surface area contributed by atoms with Crippen LogP contribution in [0, 0.1) is 5.92 Å². The second kappa shape index (κ2) is 7.46. The van der Waals surface area contributed by atoms with Crippen molar-refractivity contribution in [3.05, 3.63) is 0 Å². The Bertz CT molecular complexity index is 229. The minimum absolute atomic E-state index is 0.438. The largest absolute Gasteiger partial charge is 0.380 e. The summed E-state index contributed by atoms with van der Waals surface area (Å²) in [5.41, 5.74) is 0. The molecule has 1 N–H and O–H groups in total. The fourth-order valence-electron chi connectivity index (χ4n) is 3.34. The first kappa shape index (κ1) is 14.3. The molecule has 0 aromatic heterocycles. The van der Waals surface area contributed by atoms with E-state index >= 15 is 0 Å². The van der Waals surface area contributed by atoms with E-state index in [0.717, 1.165) is 25.0 Å². The number of hydrogen-bond acceptors (Lipinski definition) is 3. The number of nitrogens with one attached hydrogen (secondary N) is 1. The lowest BCUT2D eigenvalue weighted by molar-refractivity contribution is -0.00465. The molecule has 1 saturated carbocycles. The number of nitrogens with zero attached hydrogens (tertiary/aromatic N) is 1. The predicted octanol–water partition coefficient (Wildman–Crippen LogP) is 2.27. The summed E-state index contributed by atoms with van der Waals surface area (Å²) < 4.78 is 5.57. The molecule has 2 unspecified atom stereocenters. The van der Waals surface area contributed by atoms with Crippen molar-refractivity contribution < 1.29 is 4.74 Å². The van der Waals surface area contributed by atoms with Gasteiger partial charge < -0.3 is 10.1 Å². The van der Waals surface area contributed by atoms with Crippen LogP contribution in [-0.4, -0.2) is 50.3 Å². The van der Waals surface area contributed by atoms with E-state index in [-0.39, 0.29) is 0 Å². The molecule has 2 fully saturated rings. The van der Waals surface area contributed by atoms with Crippen LogP contribution in [0.4, 0.5) is 0 Å². The van der Waals surface area contributed by atoms with E-state index in [2.05, 4.69) is 17.1 Å². The smallest absolute Gasteiger partial charge is 0.0724 e. The Labute approximate surface area is 112 Å². The number of hydrogen-bond donors (Lipinski definition) is 1. The molecule has 0 amide bonds. The van der Waals surface area contributed by atoms with Gasteiger partial charge in [0.1, 0.15) is 0 Å². The number of likely N-dealkylation sites (tertiary alicyclic amines) is 1. The van der Waals surface area contributed by atoms with Crippen molar-refractivity contribution in [2.75, 3.05) is 33.3 Å². The quantitative estimate of drug-likeness (QED) is 0.814. The molecule has 1 aliphatic carbocycles. The third kappa shape index (κ3) is 4.22. The highest BCUT2D eigenvalue weighted by Gasteiger charge is 2.25. The molecule has 2 aliphatic rings. The van der Waals surface area contributed by atoms with Gasteiger partial charge in [-0.25, -0.2) is 0 Å². The highest BCUT2D eigenvalue weighted by Crippen LogP contribution is 2.19. The maximum Gasteiger partial charge on any atom is 0.0724 e. The van der Waals surface area contributed by atoms with Crippen molar-refractivity contribution >= 4 is 0 Å². The van der Waals surface area contributed by atoms with Gasteiger partial charge in [-0.1, -0.05) is 26.2 Å². The van der Waals surface area contributed by atoms with E-state index in [0.29, 0.717) is 6.10 Å². The van der Waals surface area contributed by atoms with Gasteiger partial charge >= 0.3 is 0 Å². The highest BCUT2D eigenvalue weighted by atomic mass is 16.5. The van der Waals surface area contributed by atoms with Gasteiger partial charge in [0, 0.05) is 32.8 Å². The zero-order valence-electron chi connectivity index (χ0n) is 12.2. The number of rotatable bonds is 5. The van der Waals surface area contributed by atoms with E-state index < -0.39 is 0 Å². The maximum atomic E-state index is 5.57. The molecule has 18 heavy (non-hydrogen) atoms. The fraction of sp³-hybridized carbons (Fsp3) is 1.00. The monoisotopic (exact) mass is 254 g/mol. The van der Waals surface area contributed by atoms with Crippen molar-refractivity contribution in [3.63, 3.8) is 0 Å². The van der Waals surface area contributed by atoms with Crippen molar-refractivity contribution in [2.45, 2.75) is 57.6 Å². The van der Waals surface area contributed by atoms with Crippen molar-refractivity contribution in [2.24, 2.45) is 5.92 Å². The van der Waals surface area contributed by atoms with E-state index in [4.69, 9.17) is 4.74 Å². The van der Waals surface area contributed by atoms with Crippen molar-refractivity contribution in [1.29, 1.82) is 0 Å². The molecule has 0 spiro atoms. The van der Waals surface area contributed by atoms with E-state index in [1.807, 2.05) is 7.11 Å². The SMILES string of the molecule is COC1CN(CCNC2CCCCC2)CCC1C. The molecule has 1 saturated heterocycles. The molecule has 2 rings (SSSR count). The third-order valence-electron chi connectivity index (χ3n) is 4.74. The first-order valence-corrected chi connectivity index (χ1v) is 7.78. The van der Waals surface area contributed by atoms with Crippen LogP contribution in [-0.2, 0) is 4.74 Å². The molecule has 1 aliphatic heterocycles. The zero-order chi connectivity index (χ0) is 12.8. The van der Waals surface area contributed by atoms with Gasteiger partial charge in [-0.15, -0.1) is 0 Å². The van der Waals surface area contributed by atoms with Crippen LogP contribution in [0.3, 0.4) is 0 Å². The molecule has 1 heterocycles. The molecular weight excluding hydrogens is 224 g/mol. The average molecular weight is 254 g/mol. The van der Waals surface area contributed by atoms with Crippen LogP contribution in [0.15, 0.2) is 0 Å². The number of methoxy groups -OCH3 is 1. The zero-order valence-corrected chi connectivity index (χ0v) is 12.2. The second-order valence-corrected chi connectivity index (χ2v) is 6.13. The van der Waals surface area contributed by atoms with Crippen LogP contribution in [0.25, 0.3) is 0 Å². The standard InChI is InChI=1S/C15H30N2O/c1-13-8-10-17(12-15(13)18-2)11-9-16-14-6-4-3-5-7-14/h13-16H,3-12H2,1-2H3. The van der Waals surface area contributed by atoms with Gasteiger partial charge in [-0.3, -0.25) is 4.90 Å². The summed E-state index contributed by atoms with van der Waals surface area (Å²) >= 11 is 0. The maximum absolute atomic E-state index is 5.57. The van der Waals surface area contributed by atoms with Crippen LogP contribution in [0.2, 0.25) is 0 Å². The Morgan fingerprint density at radius 1 is 1.17 bits per heavy atom. The summed E-state index contributed by atoms with van der Waals surface area (Å²) in [5, 5.41) is 3.73. The predicted molar refractivity (Wildman–Crippen MR) is 75.9 cm³/mol. The second-order valence-electron chi connectivity index (χ2n) is 6.13. The molecule has 2 atom stereocenters. The van der Waals surface area contributed by atoms with Crippen molar-refractivity contribution in [1.82, 2.24) is 10.2 Å². The van der Waals surface area contributed by atoms with Crippen molar-refractivity contribution in [3.8, 4) is 0 Å². The molecule has 0 aromatic carbocycles. The Hall–Kier alpha value is -0.120. The van der Waals surface area contributed by atoms with Gasteiger partial charge in [0.05, 0.1) is 6.10 Å². The topological polar surface area (TPSA) is 24.5 Å². The lowest BCUT2D eigenvalue weighted by Gasteiger charge is -2.36. The summed E-state index contributed by atoms with van der Waals surface area (Å²) in [7, 11) is 1.85. The minimum atomic E-state index is 0.438. The summed E-state index contributed by atoms with van der Waals surface area (Å²) in [6.45, 7) is 7.00. The summed E-state index contributed by atoms with van der Waals surface area (Å²) in [6, 6.07) is 0.792. The number of piperidine rings is 1. The first-order valence-electron chi connectivity index (χ1n) is 7.78. The summed E-state index contributed by atoms with van der Waals surface area (Å²) in [5.74, 6) is 0.720. The van der Waals surface area contributed by atoms with Gasteiger partial charge in [-0.05, 0) is 31.7 Å². The molecule has 0 bridgehead atoms. The van der Waals surface area contributed by atoms with Crippen LogP contribution >= 0.6 is 0 Å². The summed E-state index contributed by atoms with van der Waals surface area (Å²) in [4.78, 5) is 2.56. The molecule has 3 nitrogen and oxygen atoms in total. The number of ether oxygens (including phenoxy) is 1. The molecule has 3 heteroatoms. The van der Waals surface area contributed by atoms with Crippen LogP contribution < -0.4 is 5.32 Å². The Kier molecular flexibility index (Phi) is 5.93. The molecule has 0 radical (unpaired) electrons. The minimum Gasteiger partial charge on any atom is -0.380 e. The fourth-order valence-corrected chi connectivity index (χ4v) is 3.34. The van der Waals surface area contributed by atoms with Crippen LogP contribution in [0.5, 0.6) is 0 Å². The first-order chi connectivity index (χ1) is 8.79. The van der Waals surface area contributed by atoms with Gasteiger partial charge in [0.2, 0.25) is 0 Å². The Balaban J connectivity index is 1.61. The average Bonchev–Trinajstić information content (AvgIpc) is 2.42. The molecule has 0 aromatic rings. The Morgan fingerprint density at radius 3 is 2.67 bits per heavy atom. The van der Waals surface area contributed by atoms with E-state index in [1.54, 1.807) is 0 Å². The molecular formula is C15H30N2O. The van der Waals surface area contributed by atoms with Gasteiger partial charge in [0.15, 0.2) is 0 Å². The third-order valence-corrected chi connectivity index (χ3v) is 4.74.